The second-order valence-electron chi connectivity index (χ2n) is 8.06. The van der Waals surface area contributed by atoms with Crippen molar-refractivity contribution in [3.8, 4) is 11.5 Å². The summed E-state index contributed by atoms with van der Waals surface area (Å²) >= 11 is 0. The molecule has 2 amide bonds. The largest absolute Gasteiger partial charge is 0.497 e. The van der Waals surface area contributed by atoms with E-state index in [1.54, 1.807) is 20.3 Å². The molecule has 2 aromatic rings. The number of benzene rings is 2. The Bertz CT molecular complexity index is 1000. The summed E-state index contributed by atoms with van der Waals surface area (Å²) in [6, 6.07) is 14.9. The van der Waals surface area contributed by atoms with Crippen LogP contribution in [0.15, 0.2) is 54.3 Å². The number of nitrogens with one attached hydrogen (secondary N) is 2. The van der Waals surface area contributed by atoms with E-state index in [9.17, 15) is 9.59 Å². The Morgan fingerprint density at radius 1 is 1.16 bits per heavy atom. The van der Waals surface area contributed by atoms with Gasteiger partial charge in [0.1, 0.15) is 17.6 Å². The molecule has 1 saturated heterocycles. The zero-order valence-corrected chi connectivity index (χ0v) is 18.3. The summed E-state index contributed by atoms with van der Waals surface area (Å²) in [5.74, 6) is 1.27. The summed E-state index contributed by atoms with van der Waals surface area (Å²) in [7, 11) is 3.20. The Morgan fingerprint density at radius 2 is 1.97 bits per heavy atom. The van der Waals surface area contributed by atoms with Crippen LogP contribution in [0.25, 0.3) is 6.08 Å². The van der Waals surface area contributed by atoms with Crippen LogP contribution in [-0.2, 0) is 20.9 Å². The number of rotatable bonds is 6. The topological polar surface area (TPSA) is 85.9 Å². The number of hydrogen-bond donors (Lipinski definition) is 2. The lowest BCUT2D eigenvalue weighted by Crippen LogP contribution is -2.54. The van der Waals surface area contributed by atoms with Gasteiger partial charge in [-0.2, -0.15) is 0 Å². The molecule has 3 atom stereocenters. The van der Waals surface area contributed by atoms with Crippen molar-refractivity contribution in [1.82, 2.24) is 10.6 Å². The molecular formula is C25H28N2O5. The van der Waals surface area contributed by atoms with E-state index >= 15 is 0 Å². The van der Waals surface area contributed by atoms with Crippen molar-refractivity contribution in [2.24, 2.45) is 5.92 Å². The van der Waals surface area contributed by atoms with Crippen molar-refractivity contribution in [2.75, 3.05) is 14.2 Å². The Labute approximate surface area is 187 Å². The van der Waals surface area contributed by atoms with Crippen molar-refractivity contribution in [1.29, 1.82) is 0 Å². The standard InChI is InChI=1S/C25H28N2O5/c1-30-19-9-11-21(31-2)18(13-19)15-26-24(28)17-8-10-22-20(14-17)27-25(29)23(32-22)12-16-6-4-3-5-7-16/h3-7,9,11-13,17,20,22H,8,10,14-15H2,1-2H3,(H,26,28)(H,27,29)/b23-12-. The van der Waals surface area contributed by atoms with Gasteiger partial charge in [0, 0.05) is 18.0 Å². The number of amides is 2. The van der Waals surface area contributed by atoms with Crippen molar-refractivity contribution in [2.45, 2.75) is 38.0 Å². The normalized spacial score (nSPS) is 23.5. The van der Waals surface area contributed by atoms with Crippen LogP contribution >= 0.6 is 0 Å². The molecule has 1 aliphatic carbocycles. The summed E-state index contributed by atoms with van der Waals surface area (Å²) in [6.45, 7) is 0.344. The first-order valence-corrected chi connectivity index (χ1v) is 10.8. The summed E-state index contributed by atoms with van der Waals surface area (Å²) in [6.07, 6.45) is 3.60. The number of hydrogen-bond acceptors (Lipinski definition) is 5. The van der Waals surface area contributed by atoms with Crippen molar-refractivity contribution < 1.29 is 23.8 Å². The first kappa shape index (κ1) is 21.7. The molecule has 1 aliphatic heterocycles. The second kappa shape index (κ2) is 9.77. The van der Waals surface area contributed by atoms with E-state index in [2.05, 4.69) is 10.6 Å². The Hall–Kier alpha value is -3.48. The summed E-state index contributed by atoms with van der Waals surface area (Å²) in [5, 5.41) is 6.04. The molecule has 0 aromatic heterocycles. The van der Waals surface area contributed by atoms with Crippen LogP contribution in [0.1, 0.15) is 30.4 Å². The molecule has 32 heavy (non-hydrogen) atoms. The van der Waals surface area contributed by atoms with Gasteiger partial charge in [-0.05, 0) is 49.1 Å². The van der Waals surface area contributed by atoms with Crippen molar-refractivity contribution in [3.05, 3.63) is 65.4 Å². The molecule has 168 valence electrons. The van der Waals surface area contributed by atoms with E-state index in [4.69, 9.17) is 14.2 Å². The van der Waals surface area contributed by atoms with Crippen LogP contribution in [0.4, 0.5) is 0 Å². The zero-order valence-electron chi connectivity index (χ0n) is 18.3. The van der Waals surface area contributed by atoms with Crippen LogP contribution in [0.2, 0.25) is 0 Å². The molecule has 2 aromatic carbocycles. The minimum absolute atomic E-state index is 0.0341. The van der Waals surface area contributed by atoms with Gasteiger partial charge in [0.2, 0.25) is 5.91 Å². The number of carbonyl (C=O) groups excluding carboxylic acids is 2. The van der Waals surface area contributed by atoms with Gasteiger partial charge in [0.05, 0.1) is 20.3 Å². The lowest BCUT2D eigenvalue weighted by molar-refractivity contribution is -0.134. The van der Waals surface area contributed by atoms with Gasteiger partial charge in [-0.25, -0.2) is 0 Å². The van der Waals surface area contributed by atoms with E-state index in [0.717, 1.165) is 11.1 Å². The summed E-state index contributed by atoms with van der Waals surface area (Å²) < 4.78 is 16.7. The van der Waals surface area contributed by atoms with Gasteiger partial charge in [-0.15, -0.1) is 0 Å². The maximum atomic E-state index is 12.8. The highest BCUT2D eigenvalue weighted by Gasteiger charge is 2.40. The SMILES string of the molecule is COc1ccc(OC)c(CNC(=O)C2CCC3O/C(=C\c4ccccc4)C(=O)NC3C2)c1. The molecule has 7 nitrogen and oxygen atoms in total. The fraction of sp³-hybridized carbons (Fsp3) is 0.360. The quantitative estimate of drug-likeness (QED) is 0.680. The van der Waals surface area contributed by atoms with Crippen LogP contribution in [0.3, 0.4) is 0 Å². The van der Waals surface area contributed by atoms with Crippen molar-refractivity contribution >= 4 is 17.9 Å². The molecule has 3 unspecified atom stereocenters. The summed E-state index contributed by atoms with van der Waals surface area (Å²) in [4.78, 5) is 25.4. The predicted molar refractivity (Wildman–Crippen MR) is 120 cm³/mol. The first-order chi connectivity index (χ1) is 15.6. The highest BCUT2D eigenvalue weighted by molar-refractivity contribution is 5.96. The Kier molecular flexibility index (Phi) is 6.63. The molecule has 7 heteroatoms. The molecule has 1 heterocycles. The predicted octanol–water partition coefficient (Wildman–Crippen LogP) is 3.04. The van der Waals surface area contributed by atoms with E-state index in [0.29, 0.717) is 43.1 Å². The average molecular weight is 437 g/mol. The van der Waals surface area contributed by atoms with Gasteiger partial charge in [0.15, 0.2) is 5.76 Å². The van der Waals surface area contributed by atoms with Gasteiger partial charge in [-0.1, -0.05) is 30.3 Å². The molecule has 2 fully saturated rings. The van der Waals surface area contributed by atoms with Crippen LogP contribution < -0.4 is 20.1 Å². The lowest BCUT2D eigenvalue weighted by Gasteiger charge is -2.39. The Morgan fingerprint density at radius 3 is 2.72 bits per heavy atom. The number of methoxy groups -OCH3 is 2. The van der Waals surface area contributed by atoms with Gasteiger partial charge >= 0.3 is 0 Å². The van der Waals surface area contributed by atoms with Gasteiger partial charge < -0.3 is 24.8 Å². The fourth-order valence-electron chi connectivity index (χ4n) is 4.28. The van der Waals surface area contributed by atoms with E-state index < -0.39 is 0 Å². The number of ether oxygens (including phenoxy) is 3. The molecular weight excluding hydrogens is 408 g/mol. The molecule has 2 aliphatic rings. The van der Waals surface area contributed by atoms with Gasteiger partial charge in [-0.3, -0.25) is 9.59 Å². The van der Waals surface area contributed by atoms with E-state index in [-0.39, 0.29) is 29.9 Å². The van der Waals surface area contributed by atoms with E-state index in [1.165, 1.54) is 0 Å². The molecule has 4 rings (SSSR count). The molecule has 0 bridgehead atoms. The summed E-state index contributed by atoms with van der Waals surface area (Å²) in [5.41, 5.74) is 1.76. The number of morpholine rings is 1. The highest BCUT2D eigenvalue weighted by Crippen LogP contribution is 2.32. The monoisotopic (exact) mass is 436 g/mol. The van der Waals surface area contributed by atoms with Crippen LogP contribution in [0.5, 0.6) is 11.5 Å². The van der Waals surface area contributed by atoms with Gasteiger partial charge in [0.25, 0.3) is 5.91 Å². The molecule has 1 saturated carbocycles. The lowest BCUT2D eigenvalue weighted by atomic mass is 9.82. The third kappa shape index (κ3) is 4.88. The van der Waals surface area contributed by atoms with E-state index in [1.807, 2.05) is 48.5 Å². The minimum atomic E-state index is -0.239. The van der Waals surface area contributed by atoms with Crippen LogP contribution in [0, 0.1) is 5.92 Å². The molecule has 2 N–H and O–H groups in total. The zero-order chi connectivity index (χ0) is 22.5. The third-order valence-corrected chi connectivity index (χ3v) is 6.01. The minimum Gasteiger partial charge on any atom is -0.497 e. The third-order valence-electron chi connectivity index (χ3n) is 6.01. The molecule has 0 radical (unpaired) electrons. The second-order valence-corrected chi connectivity index (χ2v) is 8.06. The van der Waals surface area contributed by atoms with Crippen LogP contribution in [-0.4, -0.2) is 38.2 Å². The average Bonchev–Trinajstić information content (AvgIpc) is 2.83. The van der Waals surface area contributed by atoms with Crippen molar-refractivity contribution in [3.63, 3.8) is 0 Å². The number of carbonyl (C=O) groups is 2. The number of fused-ring (bicyclic) bond motifs is 1. The fourth-order valence-corrected chi connectivity index (χ4v) is 4.28. The molecule has 0 spiro atoms. The maximum absolute atomic E-state index is 12.8. The smallest absolute Gasteiger partial charge is 0.286 e. The Balaban J connectivity index is 1.35. The maximum Gasteiger partial charge on any atom is 0.286 e. The highest BCUT2D eigenvalue weighted by atomic mass is 16.5. The first-order valence-electron chi connectivity index (χ1n) is 10.8.